The Labute approximate surface area is 134 Å². The largest absolute Gasteiger partial charge is 0.507 e. The van der Waals surface area contributed by atoms with Gasteiger partial charge in [-0.15, -0.1) is 0 Å². The zero-order valence-corrected chi connectivity index (χ0v) is 13.3. The molecule has 23 heavy (non-hydrogen) atoms. The number of esters is 1. The first-order valence-electron chi connectivity index (χ1n) is 7.20. The number of anilines is 1. The van der Waals surface area contributed by atoms with Crippen LogP contribution < -0.4 is 5.32 Å². The van der Waals surface area contributed by atoms with Gasteiger partial charge in [-0.3, -0.25) is 4.79 Å². The Kier molecular flexibility index (Phi) is 5.01. The SMILES string of the molecule is Cc1ccc(O)c(C(=O)OCC(=O)Nc2ccc(C)c(C)c2)c1. The smallest absolute Gasteiger partial charge is 0.342 e. The maximum Gasteiger partial charge on any atom is 0.342 e. The number of aromatic hydroxyl groups is 1. The van der Waals surface area contributed by atoms with Crippen LogP contribution in [0.25, 0.3) is 0 Å². The van der Waals surface area contributed by atoms with Gasteiger partial charge in [0.2, 0.25) is 0 Å². The Hall–Kier alpha value is -2.82. The van der Waals surface area contributed by atoms with E-state index in [0.29, 0.717) is 5.69 Å². The summed E-state index contributed by atoms with van der Waals surface area (Å²) in [7, 11) is 0. The van der Waals surface area contributed by atoms with E-state index in [0.717, 1.165) is 16.7 Å². The van der Waals surface area contributed by atoms with E-state index in [4.69, 9.17) is 4.74 Å². The van der Waals surface area contributed by atoms with Crippen LogP contribution in [0.2, 0.25) is 0 Å². The number of hydrogen-bond acceptors (Lipinski definition) is 4. The van der Waals surface area contributed by atoms with Crippen molar-refractivity contribution in [1.82, 2.24) is 0 Å². The van der Waals surface area contributed by atoms with Crippen LogP contribution in [0.3, 0.4) is 0 Å². The molecule has 120 valence electrons. The number of amides is 1. The zero-order chi connectivity index (χ0) is 17.0. The van der Waals surface area contributed by atoms with Gasteiger partial charge in [0, 0.05) is 5.69 Å². The summed E-state index contributed by atoms with van der Waals surface area (Å²) >= 11 is 0. The van der Waals surface area contributed by atoms with E-state index in [9.17, 15) is 14.7 Å². The summed E-state index contributed by atoms with van der Waals surface area (Å²) in [5.41, 5.74) is 3.69. The number of carbonyl (C=O) groups excluding carboxylic acids is 2. The van der Waals surface area contributed by atoms with E-state index in [1.165, 1.54) is 12.1 Å². The summed E-state index contributed by atoms with van der Waals surface area (Å²) in [5.74, 6) is -1.34. The molecular formula is C18H19NO4. The monoisotopic (exact) mass is 313 g/mol. The van der Waals surface area contributed by atoms with Crippen LogP contribution in [0.4, 0.5) is 5.69 Å². The zero-order valence-electron chi connectivity index (χ0n) is 13.3. The maximum absolute atomic E-state index is 11.9. The molecular weight excluding hydrogens is 294 g/mol. The number of phenolic OH excluding ortho intramolecular Hbond substituents is 1. The summed E-state index contributed by atoms with van der Waals surface area (Å²) in [5, 5.41) is 12.3. The predicted octanol–water partition coefficient (Wildman–Crippen LogP) is 3.11. The fraction of sp³-hybridized carbons (Fsp3) is 0.222. The molecule has 0 heterocycles. The van der Waals surface area contributed by atoms with Gasteiger partial charge in [0.1, 0.15) is 11.3 Å². The van der Waals surface area contributed by atoms with Crippen LogP contribution >= 0.6 is 0 Å². The van der Waals surface area contributed by atoms with Gasteiger partial charge in [-0.25, -0.2) is 4.79 Å². The van der Waals surface area contributed by atoms with E-state index in [2.05, 4.69) is 5.32 Å². The first-order valence-corrected chi connectivity index (χ1v) is 7.20. The average Bonchev–Trinajstić information content (AvgIpc) is 2.51. The quantitative estimate of drug-likeness (QED) is 0.850. The third-order valence-corrected chi connectivity index (χ3v) is 3.50. The number of nitrogens with one attached hydrogen (secondary N) is 1. The topological polar surface area (TPSA) is 75.6 Å². The van der Waals surface area contributed by atoms with Crippen LogP contribution in [-0.2, 0) is 9.53 Å². The molecule has 2 aromatic carbocycles. The van der Waals surface area contributed by atoms with Crippen molar-refractivity contribution in [2.24, 2.45) is 0 Å². The highest BCUT2D eigenvalue weighted by Gasteiger charge is 2.14. The molecule has 2 rings (SSSR count). The van der Waals surface area contributed by atoms with Gasteiger partial charge in [0.25, 0.3) is 5.91 Å². The second-order valence-electron chi connectivity index (χ2n) is 5.44. The first kappa shape index (κ1) is 16.5. The van der Waals surface area contributed by atoms with Crippen molar-refractivity contribution in [3.63, 3.8) is 0 Å². The third-order valence-electron chi connectivity index (χ3n) is 3.50. The van der Waals surface area contributed by atoms with Crippen LogP contribution in [0, 0.1) is 20.8 Å². The first-order chi connectivity index (χ1) is 10.9. The second-order valence-corrected chi connectivity index (χ2v) is 5.44. The Morgan fingerprint density at radius 3 is 2.48 bits per heavy atom. The average molecular weight is 313 g/mol. The molecule has 0 bridgehead atoms. The van der Waals surface area contributed by atoms with Gasteiger partial charge in [0.15, 0.2) is 6.61 Å². The molecule has 0 radical (unpaired) electrons. The highest BCUT2D eigenvalue weighted by molar-refractivity contribution is 5.96. The van der Waals surface area contributed by atoms with Crippen LogP contribution in [0.1, 0.15) is 27.0 Å². The maximum atomic E-state index is 11.9. The molecule has 5 nitrogen and oxygen atoms in total. The summed E-state index contributed by atoms with van der Waals surface area (Å²) in [4.78, 5) is 23.8. The Balaban J connectivity index is 1.94. The number of hydrogen-bond donors (Lipinski definition) is 2. The number of carbonyl (C=O) groups is 2. The van der Waals surface area contributed by atoms with Gasteiger partial charge in [-0.05, 0) is 56.2 Å². The number of ether oxygens (including phenoxy) is 1. The molecule has 0 saturated carbocycles. The lowest BCUT2D eigenvalue weighted by molar-refractivity contribution is -0.119. The summed E-state index contributed by atoms with van der Waals surface area (Å²) in [6.07, 6.45) is 0. The molecule has 0 unspecified atom stereocenters. The van der Waals surface area contributed by atoms with Crippen LogP contribution in [0.15, 0.2) is 36.4 Å². The van der Waals surface area contributed by atoms with Crippen molar-refractivity contribution in [1.29, 1.82) is 0 Å². The van der Waals surface area contributed by atoms with E-state index in [-0.39, 0.29) is 11.3 Å². The fourth-order valence-corrected chi connectivity index (χ4v) is 2.04. The molecule has 0 aliphatic carbocycles. The van der Waals surface area contributed by atoms with E-state index >= 15 is 0 Å². The standard InChI is InChI=1S/C18H19NO4/c1-11-4-7-16(20)15(8-11)18(22)23-10-17(21)19-14-6-5-12(2)13(3)9-14/h4-9,20H,10H2,1-3H3,(H,19,21). The highest BCUT2D eigenvalue weighted by atomic mass is 16.5. The molecule has 0 fully saturated rings. The molecule has 0 saturated heterocycles. The van der Waals surface area contributed by atoms with Crippen LogP contribution in [0.5, 0.6) is 5.75 Å². The van der Waals surface area contributed by atoms with Gasteiger partial charge >= 0.3 is 5.97 Å². The number of phenols is 1. The Morgan fingerprint density at radius 2 is 1.78 bits per heavy atom. The van der Waals surface area contributed by atoms with Crippen molar-refractivity contribution in [3.8, 4) is 5.75 Å². The molecule has 0 aliphatic rings. The van der Waals surface area contributed by atoms with Crippen molar-refractivity contribution in [2.45, 2.75) is 20.8 Å². The van der Waals surface area contributed by atoms with Gasteiger partial charge in [-0.2, -0.15) is 0 Å². The minimum absolute atomic E-state index is 0.0454. The summed E-state index contributed by atoms with van der Waals surface area (Å²) < 4.78 is 4.94. The third kappa shape index (κ3) is 4.32. The summed E-state index contributed by atoms with van der Waals surface area (Å²) in [6, 6.07) is 10.1. The fourth-order valence-electron chi connectivity index (χ4n) is 2.04. The Morgan fingerprint density at radius 1 is 1.04 bits per heavy atom. The molecule has 5 heteroatoms. The van der Waals surface area contributed by atoms with Gasteiger partial charge < -0.3 is 15.2 Å². The van der Waals surface area contributed by atoms with Crippen molar-refractivity contribution >= 4 is 17.6 Å². The molecule has 0 aromatic heterocycles. The van der Waals surface area contributed by atoms with Crippen molar-refractivity contribution < 1.29 is 19.4 Å². The lowest BCUT2D eigenvalue weighted by atomic mass is 10.1. The van der Waals surface area contributed by atoms with Gasteiger partial charge in [-0.1, -0.05) is 17.7 Å². The second kappa shape index (κ2) is 6.96. The normalized spacial score (nSPS) is 10.2. The van der Waals surface area contributed by atoms with E-state index in [1.54, 1.807) is 19.1 Å². The van der Waals surface area contributed by atoms with Crippen molar-refractivity contribution in [2.75, 3.05) is 11.9 Å². The molecule has 0 aliphatic heterocycles. The Bertz CT molecular complexity index is 753. The molecule has 0 spiro atoms. The van der Waals surface area contributed by atoms with Crippen LogP contribution in [-0.4, -0.2) is 23.6 Å². The molecule has 2 aromatic rings. The number of rotatable bonds is 4. The molecule has 2 N–H and O–H groups in total. The van der Waals surface area contributed by atoms with Gasteiger partial charge in [0.05, 0.1) is 0 Å². The minimum atomic E-state index is -0.735. The predicted molar refractivity (Wildman–Crippen MR) is 87.7 cm³/mol. The minimum Gasteiger partial charge on any atom is -0.507 e. The lowest BCUT2D eigenvalue weighted by Crippen LogP contribution is -2.21. The molecule has 1 amide bonds. The molecule has 0 atom stereocenters. The van der Waals surface area contributed by atoms with E-state index < -0.39 is 18.5 Å². The lowest BCUT2D eigenvalue weighted by Gasteiger charge is -2.09. The number of aryl methyl sites for hydroxylation is 3. The highest BCUT2D eigenvalue weighted by Crippen LogP contribution is 2.19. The van der Waals surface area contributed by atoms with Crippen molar-refractivity contribution in [3.05, 3.63) is 58.7 Å². The van der Waals surface area contributed by atoms with E-state index in [1.807, 2.05) is 26.0 Å². The summed E-state index contributed by atoms with van der Waals surface area (Å²) in [6.45, 7) is 5.31. The number of benzene rings is 2.